The maximum absolute atomic E-state index is 5.53. The van der Waals surface area contributed by atoms with Gasteiger partial charge < -0.3 is 10.6 Å². The van der Waals surface area contributed by atoms with Crippen LogP contribution in [0, 0.1) is 5.92 Å². The predicted molar refractivity (Wildman–Crippen MR) is 57.6 cm³/mol. The lowest BCUT2D eigenvalue weighted by molar-refractivity contribution is 0.265. The predicted octanol–water partition coefficient (Wildman–Crippen LogP) is 1.62. The third kappa shape index (κ3) is 3.12. The van der Waals surface area contributed by atoms with Gasteiger partial charge in [-0.25, -0.2) is 0 Å². The average Bonchev–Trinajstić information content (AvgIpc) is 2.52. The van der Waals surface area contributed by atoms with E-state index >= 15 is 0 Å². The lowest BCUT2D eigenvalue weighted by Gasteiger charge is -2.20. The quantitative estimate of drug-likeness (QED) is 0.669. The second-order valence-corrected chi connectivity index (χ2v) is 4.40. The molecule has 1 atom stereocenters. The molecule has 13 heavy (non-hydrogen) atoms. The molecule has 0 aromatic heterocycles. The van der Waals surface area contributed by atoms with E-state index in [-0.39, 0.29) is 0 Å². The summed E-state index contributed by atoms with van der Waals surface area (Å²) in [6.07, 6.45) is 2.44. The van der Waals surface area contributed by atoms with E-state index in [0.717, 1.165) is 12.3 Å². The van der Waals surface area contributed by atoms with Gasteiger partial charge in [-0.05, 0) is 39.2 Å². The zero-order valence-electron chi connectivity index (χ0n) is 8.92. The topological polar surface area (TPSA) is 29.3 Å². The Morgan fingerprint density at radius 1 is 1.62 bits per heavy atom. The maximum atomic E-state index is 5.53. The molecule has 1 saturated heterocycles. The molecular weight excluding hydrogens is 160 g/mol. The Labute approximate surface area is 81.8 Å². The minimum absolute atomic E-state index is 0.651. The summed E-state index contributed by atoms with van der Waals surface area (Å²) in [5, 5.41) is 0. The molecule has 0 bridgehead atoms. The number of hydrogen-bond donors (Lipinski definition) is 1. The molecule has 1 rings (SSSR count). The zero-order valence-corrected chi connectivity index (χ0v) is 8.92. The molecule has 1 aliphatic rings. The smallest absolute Gasteiger partial charge is 0.0134 e. The van der Waals surface area contributed by atoms with Gasteiger partial charge in [-0.3, -0.25) is 0 Å². The lowest BCUT2D eigenvalue weighted by atomic mass is 10.00. The molecular formula is C11H22N2. The number of nitrogens with zero attached hydrogens (tertiary/aromatic N) is 1. The van der Waals surface area contributed by atoms with E-state index in [1.807, 2.05) is 0 Å². The highest BCUT2D eigenvalue weighted by Crippen LogP contribution is 2.23. The molecule has 0 spiro atoms. The Balaban J connectivity index is 2.29. The van der Waals surface area contributed by atoms with Gasteiger partial charge in [0.1, 0.15) is 0 Å². The summed E-state index contributed by atoms with van der Waals surface area (Å²) < 4.78 is 0. The molecule has 0 radical (unpaired) electrons. The Morgan fingerprint density at radius 2 is 2.31 bits per heavy atom. The summed E-state index contributed by atoms with van der Waals surface area (Å²) >= 11 is 0. The van der Waals surface area contributed by atoms with Crippen LogP contribution in [0.25, 0.3) is 0 Å². The lowest BCUT2D eigenvalue weighted by Crippen LogP contribution is -2.28. The van der Waals surface area contributed by atoms with Crippen molar-refractivity contribution in [3.8, 4) is 0 Å². The third-order valence-corrected chi connectivity index (χ3v) is 2.91. The van der Waals surface area contributed by atoms with Crippen LogP contribution in [0.2, 0.25) is 0 Å². The first-order chi connectivity index (χ1) is 6.13. The molecule has 1 aliphatic heterocycles. The first kappa shape index (κ1) is 10.7. The van der Waals surface area contributed by atoms with Crippen LogP contribution in [-0.4, -0.2) is 30.6 Å². The number of hydrogen-bond acceptors (Lipinski definition) is 2. The van der Waals surface area contributed by atoms with Crippen molar-refractivity contribution in [1.29, 1.82) is 0 Å². The van der Waals surface area contributed by atoms with Crippen molar-refractivity contribution < 1.29 is 0 Å². The summed E-state index contributed by atoms with van der Waals surface area (Å²) in [6, 6.07) is 0.691. The molecule has 2 N–H and O–H groups in total. The maximum Gasteiger partial charge on any atom is 0.0134 e. The van der Waals surface area contributed by atoms with Crippen LogP contribution in [0.4, 0.5) is 0 Å². The standard InChI is InChI=1S/C11H22N2/c1-9(2)13-5-4-11(8-13)6-10(3)7-12/h9,11H,3-8,12H2,1-2H3. The van der Waals surface area contributed by atoms with Crippen LogP contribution in [0.3, 0.4) is 0 Å². The fourth-order valence-corrected chi connectivity index (χ4v) is 1.99. The number of nitrogens with two attached hydrogens (primary N) is 1. The van der Waals surface area contributed by atoms with Crippen molar-refractivity contribution in [2.24, 2.45) is 11.7 Å². The van der Waals surface area contributed by atoms with E-state index in [0.29, 0.717) is 12.6 Å². The summed E-state index contributed by atoms with van der Waals surface area (Å²) in [4.78, 5) is 2.54. The fourth-order valence-electron chi connectivity index (χ4n) is 1.99. The number of rotatable bonds is 4. The van der Waals surface area contributed by atoms with E-state index in [9.17, 15) is 0 Å². The van der Waals surface area contributed by atoms with Crippen molar-refractivity contribution in [1.82, 2.24) is 4.90 Å². The second-order valence-electron chi connectivity index (χ2n) is 4.40. The van der Waals surface area contributed by atoms with Crippen molar-refractivity contribution in [2.75, 3.05) is 19.6 Å². The van der Waals surface area contributed by atoms with Crippen LogP contribution in [-0.2, 0) is 0 Å². The third-order valence-electron chi connectivity index (χ3n) is 2.91. The molecule has 0 aromatic carbocycles. The highest BCUT2D eigenvalue weighted by molar-refractivity contribution is 4.98. The molecule has 0 amide bonds. The van der Waals surface area contributed by atoms with Gasteiger partial charge in [-0.1, -0.05) is 12.2 Å². The summed E-state index contributed by atoms with van der Waals surface area (Å²) in [5.41, 5.74) is 6.74. The molecule has 2 heteroatoms. The highest BCUT2D eigenvalue weighted by atomic mass is 15.2. The average molecular weight is 182 g/mol. The molecule has 0 saturated carbocycles. The van der Waals surface area contributed by atoms with Gasteiger partial charge in [0.05, 0.1) is 0 Å². The molecule has 1 unspecified atom stereocenters. The minimum Gasteiger partial charge on any atom is -0.327 e. The largest absolute Gasteiger partial charge is 0.327 e. The summed E-state index contributed by atoms with van der Waals surface area (Å²) in [5.74, 6) is 0.804. The van der Waals surface area contributed by atoms with Gasteiger partial charge >= 0.3 is 0 Å². The molecule has 1 fully saturated rings. The van der Waals surface area contributed by atoms with E-state index in [1.165, 1.54) is 25.1 Å². The van der Waals surface area contributed by atoms with Gasteiger partial charge in [-0.15, -0.1) is 0 Å². The van der Waals surface area contributed by atoms with Crippen LogP contribution in [0.15, 0.2) is 12.2 Å². The zero-order chi connectivity index (χ0) is 9.84. The van der Waals surface area contributed by atoms with Gasteiger partial charge in [0.2, 0.25) is 0 Å². The Kier molecular flexibility index (Phi) is 3.94. The van der Waals surface area contributed by atoms with Crippen LogP contribution < -0.4 is 5.73 Å². The first-order valence-corrected chi connectivity index (χ1v) is 5.24. The van der Waals surface area contributed by atoms with Gasteiger partial charge in [0.15, 0.2) is 0 Å². The summed E-state index contributed by atoms with van der Waals surface area (Å²) in [6.45, 7) is 11.6. The van der Waals surface area contributed by atoms with E-state index in [4.69, 9.17) is 5.73 Å². The van der Waals surface area contributed by atoms with Crippen LogP contribution in [0.1, 0.15) is 26.7 Å². The monoisotopic (exact) mass is 182 g/mol. The van der Waals surface area contributed by atoms with Crippen molar-refractivity contribution in [2.45, 2.75) is 32.7 Å². The molecule has 76 valence electrons. The molecule has 0 aromatic rings. The second kappa shape index (κ2) is 4.77. The van der Waals surface area contributed by atoms with E-state index in [2.05, 4.69) is 25.3 Å². The molecule has 2 nitrogen and oxygen atoms in total. The first-order valence-electron chi connectivity index (χ1n) is 5.24. The van der Waals surface area contributed by atoms with Crippen molar-refractivity contribution in [3.05, 3.63) is 12.2 Å². The fraction of sp³-hybridized carbons (Fsp3) is 0.818. The Morgan fingerprint density at radius 3 is 2.77 bits per heavy atom. The van der Waals surface area contributed by atoms with Crippen LogP contribution in [0.5, 0.6) is 0 Å². The minimum atomic E-state index is 0.651. The van der Waals surface area contributed by atoms with Crippen molar-refractivity contribution in [3.63, 3.8) is 0 Å². The highest BCUT2D eigenvalue weighted by Gasteiger charge is 2.23. The summed E-state index contributed by atoms with van der Waals surface area (Å²) in [7, 11) is 0. The Hall–Kier alpha value is -0.340. The SMILES string of the molecule is C=C(CN)CC1CCN(C(C)C)C1. The Bertz CT molecular complexity index is 175. The molecule has 1 heterocycles. The number of likely N-dealkylation sites (tertiary alicyclic amines) is 1. The van der Waals surface area contributed by atoms with Gasteiger partial charge in [0, 0.05) is 19.1 Å². The normalized spacial score (nSPS) is 24.2. The van der Waals surface area contributed by atoms with E-state index < -0.39 is 0 Å². The van der Waals surface area contributed by atoms with Gasteiger partial charge in [0.25, 0.3) is 0 Å². The van der Waals surface area contributed by atoms with Crippen molar-refractivity contribution >= 4 is 0 Å². The van der Waals surface area contributed by atoms with Crippen LogP contribution >= 0.6 is 0 Å². The van der Waals surface area contributed by atoms with Gasteiger partial charge in [-0.2, -0.15) is 0 Å². The van der Waals surface area contributed by atoms with E-state index in [1.54, 1.807) is 0 Å². The molecule has 0 aliphatic carbocycles.